The third-order valence-corrected chi connectivity index (χ3v) is 2.47. The van der Waals surface area contributed by atoms with Gasteiger partial charge in [-0.25, -0.2) is 0 Å². The summed E-state index contributed by atoms with van der Waals surface area (Å²) in [7, 11) is 0. The van der Waals surface area contributed by atoms with E-state index < -0.39 is 0 Å². The Morgan fingerprint density at radius 2 is 1.75 bits per heavy atom. The second-order valence-corrected chi connectivity index (χ2v) is 3.72. The van der Waals surface area contributed by atoms with Crippen molar-refractivity contribution in [2.75, 3.05) is 6.54 Å². The van der Waals surface area contributed by atoms with Gasteiger partial charge in [0, 0.05) is 6.04 Å². The standard InChI is InChI=1S/C11H15N/c1-8-5-9(2)7-10(6-8)11-3-4-12-11/h5-7,11-12H,3-4H2,1-2H3/t11-/m0/s1. The van der Waals surface area contributed by atoms with E-state index >= 15 is 0 Å². The van der Waals surface area contributed by atoms with Crippen molar-refractivity contribution < 1.29 is 0 Å². The molecule has 0 saturated carbocycles. The van der Waals surface area contributed by atoms with Crippen LogP contribution >= 0.6 is 0 Å². The molecule has 1 aromatic rings. The van der Waals surface area contributed by atoms with Crippen molar-refractivity contribution in [2.24, 2.45) is 0 Å². The van der Waals surface area contributed by atoms with Crippen LogP contribution in [0.25, 0.3) is 0 Å². The van der Waals surface area contributed by atoms with Crippen LogP contribution in [-0.4, -0.2) is 6.54 Å². The Morgan fingerprint density at radius 1 is 1.17 bits per heavy atom. The maximum Gasteiger partial charge on any atom is 0.0332 e. The van der Waals surface area contributed by atoms with E-state index in [9.17, 15) is 0 Å². The van der Waals surface area contributed by atoms with Crippen LogP contribution < -0.4 is 5.32 Å². The highest BCUT2D eigenvalue weighted by Crippen LogP contribution is 2.24. The molecule has 0 radical (unpaired) electrons. The lowest BCUT2D eigenvalue weighted by molar-refractivity contribution is 0.383. The molecule has 0 aliphatic carbocycles. The molecule has 1 N–H and O–H groups in total. The SMILES string of the molecule is Cc1cc(C)cc([C@@H]2CCN2)c1. The van der Waals surface area contributed by atoms with E-state index in [-0.39, 0.29) is 0 Å². The first kappa shape index (κ1) is 7.81. The Balaban J connectivity index is 2.30. The van der Waals surface area contributed by atoms with Crippen LogP contribution in [0.1, 0.15) is 29.2 Å². The minimum atomic E-state index is 0.628. The lowest BCUT2D eigenvalue weighted by Crippen LogP contribution is -2.34. The van der Waals surface area contributed by atoms with E-state index in [1.165, 1.54) is 29.7 Å². The highest BCUT2D eigenvalue weighted by atomic mass is 15.0. The van der Waals surface area contributed by atoms with Crippen molar-refractivity contribution in [1.29, 1.82) is 0 Å². The minimum absolute atomic E-state index is 0.628. The quantitative estimate of drug-likeness (QED) is 0.666. The fourth-order valence-corrected chi connectivity index (χ4v) is 1.78. The fraction of sp³-hybridized carbons (Fsp3) is 0.455. The molecule has 1 heterocycles. The van der Waals surface area contributed by atoms with E-state index in [2.05, 4.69) is 37.4 Å². The topological polar surface area (TPSA) is 12.0 Å². The molecule has 0 amide bonds. The zero-order valence-electron chi connectivity index (χ0n) is 7.72. The van der Waals surface area contributed by atoms with Crippen LogP contribution in [0.4, 0.5) is 0 Å². The molecular weight excluding hydrogens is 146 g/mol. The van der Waals surface area contributed by atoms with Crippen LogP contribution in [0.2, 0.25) is 0 Å². The van der Waals surface area contributed by atoms with Gasteiger partial charge in [0.1, 0.15) is 0 Å². The summed E-state index contributed by atoms with van der Waals surface area (Å²) in [5, 5.41) is 3.42. The van der Waals surface area contributed by atoms with Crippen molar-refractivity contribution in [1.82, 2.24) is 5.32 Å². The second-order valence-electron chi connectivity index (χ2n) is 3.72. The van der Waals surface area contributed by atoms with E-state index in [0.29, 0.717) is 6.04 Å². The molecule has 1 nitrogen and oxygen atoms in total. The van der Waals surface area contributed by atoms with Gasteiger partial charge in [0.15, 0.2) is 0 Å². The normalized spacial score (nSPS) is 22.0. The molecule has 1 heteroatoms. The molecule has 0 aromatic heterocycles. The van der Waals surface area contributed by atoms with Gasteiger partial charge in [-0.1, -0.05) is 29.3 Å². The van der Waals surface area contributed by atoms with Crippen LogP contribution in [0.3, 0.4) is 0 Å². The number of hydrogen-bond donors (Lipinski definition) is 1. The summed E-state index contributed by atoms with van der Waals surface area (Å²) in [6.45, 7) is 5.50. The van der Waals surface area contributed by atoms with Crippen molar-refractivity contribution in [2.45, 2.75) is 26.3 Å². The molecule has 2 rings (SSSR count). The summed E-state index contributed by atoms with van der Waals surface area (Å²) >= 11 is 0. The molecule has 1 saturated heterocycles. The summed E-state index contributed by atoms with van der Waals surface area (Å²) < 4.78 is 0. The van der Waals surface area contributed by atoms with Gasteiger partial charge in [-0.15, -0.1) is 0 Å². The van der Waals surface area contributed by atoms with Gasteiger partial charge in [-0.05, 0) is 32.4 Å². The Kier molecular flexibility index (Phi) is 1.89. The smallest absolute Gasteiger partial charge is 0.0332 e. The van der Waals surface area contributed by atoms with Crippen LogP contribution in [0.5, 0.6) is 0 Å². The average Bonchev–Trinajstić information content (AvgIpc) is 1.79. The van der Waals surface area contributed by atoms with Gasteiger partial charge in [0.05, 0.1) is 0 Å². The second kappa shape index (κ2) is 2.91. The number of benzene rings is 1. The van der Waals surface area contributed by atoms with Crippen LogP contribution in [0.15, 0.2) is 18.2 Å². The van der Waals surface area contributed by atoms with Crippen molar-refractivity contribution in [3.63, 3.8) is 0 Å². The van der Waals surface area contributed by atoms with E-state index in [1.54, 1.807) is 0 Å². The van der Waals surface area contributed by atoms with Gasteiger partial charge in [0.2, 0.25) is 0 Å². The largest absolute Gasteiger partial charge is 0.310 e. The van der Waals surface area contributed by atoms with Crippen LogP contribution in [-0.2, 0) is 0 Å². The number of rotatable bonds is 1. The molecule has 1 aliphatic rings. The summed E-state index contributed by atoms with van der Waals surface area (Å²) in [6, 6.07) is 7.42. The average molecular weight is 161 g/mol. The lowest BCUT2D eigenvalue weighted by Gasteiger charge is -2.28. The van der Waals surface area contributed by atoms with Crippen LogP contribution in [0, 0.1) is 13.8 Å². The zero-order valence-corrected chi connectivity index (χ0v) is 7.72. The molecule has 0 spiro atoms. The predicted molar refractivity (Wildman–Crippen MR) is 51.3 cm³/mol. The predicted octanol–water partition coefficient (Wildman–Crippen LogP) is 2.34. The summed E-state index contributed by atoms with van der Waals surface area (Å²) in [5.41, 5.74) is 4.20. The van der Waals surface area contributed by atoms with Crippen molar-refractivity contribution in [3.8, 4) is 0 Å². The third kappa shape index (κ3) is 1.37. The summed E-state index contributed by atoms with van der Waals surface area (Å²) in [6.07, 6.45) is 1.29. The van der Waals surface area contributed by atoms with Crippen molar-refractivity contribution in [3.05, 3.63) is 34.9 Å². The van der Waals surface area contributed by atoms with Crippen molar-refractivity contribution >= 4 is 0 Å². The highest BCUT2D eigenvalue weighted by Gasteiger charge is 2.18. The van der Waals surface area contributed by atoms with Gasteiger partial charge in [-0.2, -0.15) is 0 Å². The fourth-order valence-electron chi connectivity index (χ4n) is 1.78. The first-order valence-electron chi connectivity index (χ1n) is 4.57. The van der Waals surface area contributed by atoms with E-state index in [4.69, 9.17) is 0 Å². The van der Waals surface area contributed by atoms with Gasteiger partial charge in [0.25, 0.3) is 0 Å². The van der Waals surface area contributed by atoms with Gasteiger partial charge >= 0.3 is 0 Å². The first-order chi connectivity index (χ1) is 5.75. The number of aryl methyl sites for hydroxylation is 2. The molecule has 0 unspecified atom stereocenters. The molecule has 0 bridgehead atoms. The minimum Gasteiger partial charge on any atom is -0.310 e. The van der Waals surface area contributed by atoms with Gasteiger partial charge < -0.3 is 5.32 Å². The molecule has 1 fully saturated rings. The monoisotopic (exact) mass is 161 g/mol. The highest BCUT2D eigenvalue weighted by molar-refractivity contribution is 5.31. The Bertz CT molecular complexity index is 267. The molecule has 12 heavy (non-hydrogen) atoms. The molecule has 1 aliphatic heterocycles. The first-order valence-corrected chi connectivity index (χ1v) is 4.57. The Hall–Kier alpha value is -0.820. The third-order valence-electron chi connectivity index (χ3n) is 2.47. The Labute approximate surface area is 73.8 Å². The maximum absolute atomic E-state index is 3.42. The lowest BCUT2D eigenvalue weighted by atomic mass is 9.95. The number of hydrogen-bond acceptors (Lipinski definition) is 1. The zero-order chi connectivity index (χ0) is 8.55. The molecule has 64 valence electrons. The van der Waals surface area contributed by atoms with Gasteiger partial charge in [-0.3, -0.25) is 0 Å². The summed E-state index contributed by atoms with van der Waals surface area (Å²) in [4.78, 5) is 0. The Morgan fingerprint density at radius 3 is 2.17 bits per heavy atom. The molecule has 1 atom stereocenters. The van der Waals surface area contributed by atoms with E-state index in [0.717, 1.165) is 0 Å². The molecule has 1 aromatic carbocycles. The maximum atomic E-state index is 3.42. The van der Waals surface area contributed by atoms with E-state index in [1.807, 2.05) is 0 Å². The molecular formula is C11H15N. The number of nitrogens with one attached hydrogen (secondary N) is 1. The summed E-state index contributed by atoms with van der Waals surface area (Å²) in [5.74, 6) is 0.